The Morgan fingerprint density at radius 1 is 1.30 bits per heavy atom. The molecule has 0 aromatic carbocycles. The summed E-state index contributed by atoms with van der Waals surface area (Å²) in [7, 11) is 0. The summed E-state index contributed by atoms with van der Waals surface area (Å²) in [6, 6.07) is 1.25. The summed E-state index contributed by atoms with van der Waals surface area (Å²) in [5, 5.41) is 6.67. The van der Waals surface area contributed by atoms with E-state index in [1.165, 1.54) is 25.8 Å². The van der Waals surface area contributed by atoms with Crippen LogP contribution in [0.25, 0.3) is 0 Å². The van der Waals surface area contributed by atoms with Crippen molar-refractivity contribution in [2.45, 2.75) is 65.5 Å². The van der Waals surface area contributed by atoms with Crippen LogP contribution >= 0.6 is 24.0 Å². The van der Waals surface area contributed by atoms with Crippen LogP contribution in [0.1, 0.15) is 53.4 Å². The van der Waals surface area contributed by atoms with Gasteiger partial charge >= 0.3 is 0 Å². The minimum Gasteiger partial charge on any atom is -0.357 e. The lowest BCUT2D eigenvalue weighted by molar-refractivity contribution is 0.118. The van der Waals surface area contributed by atoms with Gasteiger partial charge in [0.1, 0.15) is 0 Å². The van der Waals surface area contributed by atoms with Gasteiger partial charge in [-0.15, -0.1) is 24.0 Å². The van der Waals surface area contributed by atoms with Crippen LogP contribution in [0.2, 0.25) is 0 Å². The Bertz CT molecular complexity index is 271. The first kappa shape index (κ1) is 20.0. The monoisotopic (exact) mass is 396 g/mol. The van der Waals surface area contributed by atoms with Crippen LogP contribution in [0.15, 0.2) is 4.99 Å². The highest BCUT2D eigenvalue weighted by Crippen LogP contribution is 2.18. The van der Waals surface area contributed by atoms with Crippen LogP contribution in [0.4, 0.5) is 0 Å². The number of likely N-dealkylation sites (tertiary alicyclic amines) is 1. The van der Waals surface area contributed by atoms with Gasteiger partial charge in [-0.1, -0.05) is 13.3 Å². The van der Waals surface area contributed by atoms with Gasteiger partial charge in [0.25, 0.3) is 0 Å². The molecule has 2 atom stereocenters. The van der Waals surface area contributed by atoms with E-state index < -0.39 is 0 Å². The van der Waals surface area contributed by atoms with E-state index in [0.29, 0.717) is 12.1 Å². The molecular weight excluding hydrogens is 363 g/mol. The van der Waals surface area contributed by atoms with Crippen LogP contribution in [0, 0.1) is 0 Å². The molecule has 1 aliphatic rings. The first-order valence-electron chi connectivity index (χ1n) is 7.96. The molecule has 120 valence electrons. The lowest BCUT2D eigenvalue weighted by Crippen LogP contribution is -2.45. The third-order valence-corrected chi connectivity index (χ3v) is 3.82. The van der Waals surface area contributed by atoms with Crippen molar-refractivity contribution in [2.75, 3.05) is 26.2 Å². The molecule has 1 rings (SSSR count). The molecule has 1 saturated heterocycles. The van der Waals surface area contributed by atoms with Gasteiger partial charge in [-0.3, -0.25) is 9.89 Å². The van der Waals surface area contributed by atoms with Crippen LogP contribution in [0.5, 0.6) is 0 Å². The minimum atomic E-state index is 0. The van der Waals surface area contributed by atoms with Crippen molar-refractivity contribution in [1.29, 1.82) is 0 Å². The number of halogens is 1. The zero-order valence-corrected chi connectivity index (χ0v) is 15.9. The maximum absolute atomic E-state index is 4.71. The average molecular weight is 396 g/mol. The average Bonchev–Trinajstić information content (AvgIpc) is 2.42. The largest absolute Gasteiger partial charge is 0.357 e. The molecule has 5 heteroatoms. The van der Waals surface area contributed by atoms with Gasteiger partial charge in [-0.25, -0.2) is 0 Å². The third-order valence-electron chi connectivity index (χ3n) is 3.82. The van der Waals surface area contributed by atoms with E-state index in [0.717, 1.165) is 32.0 Å². The van der Waals surface area contributed by atoms with Gasteiger partial charge in [0.05, 0.1) is 6.54 Å². The predicted octanol–water partition coefficient (Wildman–Crippen LogP) is 2.83. The molecule has 1 fully saturated rings. The second-order valence-electron chi connectivity index (χ2n) is 5.58. The van der Waals surface area contributed by atoms with Crippen molar-refractivity contribution in [2.24, 2.45) is 4.99 Å². The van der Waals surface area contributed by atoms with Gasteiger partial charge in [0.15, 0.2) is 5.96 Å². The quantitative estimate of drug-likeness (QED) is 0.412. The number of guanidine groups is 1. The molecule has 2 unspecified atom stereocenters. The summed E-state index contributed by atoms with van der Waals surface area (Å²) < 4.78 is 0. The van der Waals surface area contributed by atoms with Crippen molar-refractivity contribution in [3.63, 3.8) is 0 Å². The zero-order valence-electron chi connectivity index (χ0n) is 13.6. The summed E-state index contributed by atoms with van der Waals surface area (Å²) in [5.41, 5.74) is 0. The Balaban J connectivity index is 0.00000361. The molecule has 0 bridgehead atoms. The van der Waals surface area contributed by atoms with Gasteiger partial charge in [0.2, 0.25) is 0 Å². The molecule has 0 aromatic heterocycles. The number of hydrogen-bond acceptors (Lipinski definition) is 2. The van der Waals surface area contributed by atoms with E-state index in [1.807, 2.05) is 0 Å². The molecule has 0 aliphatic carbocycles. The molecule has 20 heavy (non-hydrogen) atoms. The normalized spacial score (nSPS) is 22.0. The molecule has 1 heterocycles. The molecule has 0 saturated carbocycles. The van der Waals surface area contributed by atoms with E-state index in [-0.39, 0.29) is 24.0 Å². The van der Waals surface area contributed by atoms with Crippen molar-refractivity contribution in [3.05, 3.63) is 0 Å². The fourth-order valence-electron chi connectivity index (χ4n) is 2.69. The number of aliphatic imine (C=N–C) groups is 1. The Hall–Kier alpha value is -0.0400. The molecule has 2 N–H and O–H groups in total. The fraction of sp³-hybridized carbons (Fsp3) is 0.933. The standard InChI is InChI=1S/C15H32N4.HI/c1-5-10-17-15(16-6-2)18-12-14(4)19-11-8-7-9-13(19)3;/h13-14H,5-12H2,1-4H3,(H2,16,17,18);1H. The SMILES string of the molecule is CCCNC(=NCC(C)N1CCCCC1C)NCC.I. The molecule has 0 aromatic rings. The Morgan fingerprint density at radius 2 is 2.05 bits per heavy atom. The molecule has 4 nitrogen and oxygen atoms in total. The number of rotatable bonds is 6. The molecule has 1 aliphatic heterocycles. The van der Waals surface area contributed by atoms with Gasteiger partial charge in [-0.05, 0) is 46.6 Å². The topological polar surface area (TPSA) is 39.7 Å². The lowest BCUT2D eigenvalue weighted by atomic mass is 10.0. The molecule has 0 radical (unpaired) electrons. The van der Waals surface area contributed by atoms with E-state index in [2.05, 4.69) is 43.2 Å². The maximum atomic E-state index is 4.71. The first-order chi connectivity index (χ1) is 9.19. The highest BCUT2D eigenvalue weighted by Gasteiger charge is 2.22. The van der Waals surface area contributed by atoms with Crippen LogP contribution in [-0.2, 0) is 0 Å². The lowest BCUT2D eigenvalue weighted by Gasteiger charge is -2.37. The van der Waals surface area contributed by atoms with E-state index in [9.17, 15) is 0 Å². The first-order valence-corrected chi connectivity index (χ1v) is 7.96. The summed E-state index contributed by atoms with van der Waals surface area (Å²) in [6.45, 7) is 13.0. The Labute approximate surface area is 142 Å². The molecule has 0 spiro atoms. The second kappa shape index (κ2) is 11.6. The third kappa shape index (κ3) is 7.11. The maximum Gasteiger partial charge on any atom is 0.191 e. The van der Waals surface area contributed by atoms with E-state index >= 15 is 0 Å². The van der Waals surface area contributed by atoms with E-state index in [1.54, 1.807) is 0 Å². The molecule has 0 amide bonds. The highest BCUT2D eigenvalue weighted by molar-refractivity contribution is 14.0. The van der Waals surface area contributed by atoms with Crippen molar-refractivity contribution < 1.29 is 0 Å². The predicted molar refractivity (Wildman–Crippen MR) is 99.2 cm³/mol. The number of hydrogen-bond donors (Lipinski definition) is 2. The number of nitrogens with one attached hydrogen (secondary N) is 2. The highest BCUT2D eigenvalue weighted by atomic mass is 127. The van der Waals surface area contributed by atoms with Crippen molar-refractivity contribution in [1.82, 2.24) is 15.5 Å². The van der Waals surface area contributed by atoms with Crippen LogP contribution < -0.4 is 10.6 Å². The number of piperidine rings is 1. The fourth-order valence-corrected chi connectivity index (χ4v) is 2.69. The smallest absolute Gasteiger partial charge is 0.191 e. The summed E-state index contributed by atoms with van der Waals surface area (Å²) in [6.07, 6.45) is 5.19. The van der Waals surface area contributed by atoms with Crippen molar-refractivity contribution in [3.8, 4) is 0 Å². The van der Waals surface area contributed by atoms with Crippen molar-refractivity contribution >= 4 is 29.9 Å². The Kier molecular flexibility index (Phi) is 11.6. The van der Waals surface area contributed by atoms with E-state index in [4.69, 9.17) is 4.99 Å². The summed E-state index contributed by atoms with van der Waals surface area (Å²) in [5.74, 6) is 0.959. The summed E-state index contributed by atoms with van der Waals surface area (Å²) in [4.78, 5) is 7.32. The van der Waals surface area contributed by atoms with Crippen LogP contribution in [-0.4, -0.2) is 49.1 Å². The Morgan fingerprint density at radius 3 is 2.65 bits per heavy atom. The van der Waals surface area contributed by atoms with Gasteiger partial charge in [-0.2, -0.15) is 0 Å². The van der Waals surface area contributed by atoms with Crippen LogP contribution in [0.3, 0.4) is 0 Å². The van der Waals surface area contributed by atoms with Gasteiger partial charge in [0, 0.05) is 25.2 Å². The second-order valence-corrected chi connectivity index (χ2v) is 5.58. The zero-order chi connectivity index (χ0) is 14.1. The molecular formula is C15H33IN4. The summed E-state index contributed by atoms with van der Waals surface area (Å²) >= 11 is 0. The number of nitrogens with zero attached hydrogens (tertiary/aromatic N) is 2. The minimum absolute atomic E-state index is 0. The van der Waals surface area contributed by atoms with Gasteiger partial charge < -0.3 is 10.6 Å².